The molecule has 1 aromatic heterocycles. The van der Waals surface area contributed by atoms with E-state index in [4.69, 9.17) is 4.52 Å². The maximum Gasteiger partial charge on any atom is 0.260 e. The normalized spacial score (nSPS) is 19.9. The van der Waals surface area contributed by atoms with E-state index >= 15 is 0 Å². The lowest BCUT2D eigenvalue weighted by Crippen LogP contribution is -2.28. The highest BCUT2D eigenvalue weighted by molar-refractivity contribution is 5.53. The third-order valence-corrected chi connectivity index (χ3v) is 3.21. The number of nitrogens with zero attached hydrogens (tertiary/aromatic N) is 2. The Balaban J connectivity index is 1.87. The predicted molar refractivity (Wildman–Crippen MR) is 64.5 cm³/mol. The zero-order chi connectivity index (χ0) is 12.4. The van der Waals surface area contributed by atoms with Gasteiger partial charge in [0.05, 0.1) is 5.56 Å². The molecule has 18 heavy (non-hydrogen) atoms. The van der Waals surface area contributed by atoms with Gasteiger partial charge >= 0.3 is 0 Å². The first kappa shape index (κ1) is 11.3. The van der Waals surface area contributed by atoms with Crippen LogP contribution in [-0.4, -0.2) is 23.2 Å². The van der Waals surface area contributed by atoms with Gasteiger partial charge in [-0.25, -0.2) is 4.39 Å². The number of hydrogen-bond donors (Lipinski definition) is 1. The molecule has 1 atom stereocenters. The van der Waals surface area contributed by atoms with E-state index in [0.29, 0.717) is 11.4 Å². The van der Waals surface area contributed by atoms with Gasteiger partial charge in [0.2, 0.25) is 0 Å². The van der Waals surface area contributed by atoms with Crippen molar-refractivity contribution in [2.75, 3.05) is 13.1 Å². The molecule has 0 aliphatic carbocycles. The fourth-order valence-corrected chi connectivity index (χ4v) is 2.22. The number of nitrogens with one attached hydrogen (secondary N) is 1. The molecule has 1 aliphatic rings. The molecule has 94 valence electrons. The van der Waals surface area contributed by atoms with Crippen LogP contribution in [0.25, 0.3) is 11.5 Å². The van der Waals surface area contributed by atoms with Crippen molar-refractivity contribution in [3.63, 3.8) is 0 Å². The number of rotatable bonds is 2. The molecule has 4 nitrogen and oxygen atoms in total. The second kappa shape index (κ2) is 4.86. The zero-order valence-corrected chi connectivity index (χ0v) is 9.90. The predicted octanol–water partition coefficient (Wildman–Crippen LogP) is 2.34. The first-order valence-corrected chi connectivity index (χ1v) is 6.14. The van der Waals surface area contributed by atoms with Crippen molar-refractivity contribution in [3.05, 3.63) is 35.9 Å². The van der Waals surface area contributed by atoms with Gasteiger partial charge in [-0.1, -0.05) is 17.3 Å². The zero-order valence-electron chi connectivity index (χ0n) is 9.90. The molecule has 1 aliphatic heterocycles. The number of hydrogen-bond acceptors (Lipinski definition) is 4. The minimum Gasteiger partial charge on any atom is -0.334 e. The third kappa shape index (κ3) is 2.13. The number of piperidine rings is 1. The Morgan fingerprint density at radius 3 is 3.00 bits per heavy atom. The molecule has 0 bridgehead atoms. The van der Waals surface area contributed by atoms with Crippen molar-refractivity contribution in [2.45, 2.75) is 18.8 Å². The van der Waals surface area contributed by atoms with E-state index in [1.165, 1.54) is 6.07 Å². The Bertz CT molecular complexity index is 535. The molecule has 0 saturated carbocycles. The second-order valence-corrected chi connectivity index (χ2v) is 4.48. The Hall–Kier alpha value is -1.75. The van der Waals surface area contributed by atoms with E-state index in [9.17, 15) is 4.39 Å². The minimum atomic E-state index is -0.338. The maximum absolute atomic E-state index is 13.6. The first-order valence-electron chi connectivity index (χ1n) is 6.14. The van der Waals surface area contributed by atoms with Gasteiger partial charge in [-0.15, -0.1) is 0 Å². The Labute approximate surface area is 104 Å². The molecule has 1 unspecified atom stereocenters. The molecule has 0 amide bonds. The third-order valence-electron chi connectivity index (χ3n) is 3.21. The van der Waals surface area contributed by atoms with Gasteiger partial charge in [0.25, 0.3) is 5.89 Å². The van der Waals surface area contributed by atoms with Crippen molar-refractivity contribution < 1.29 is 8.91 Å². The molecule has 1 N–H and O–H groups in total. The van der Waals surface area contributed by atoms with Crippen LogP contribution in [0, 0.1) is 5.82 Å². The quantitative estimate of drug-likeness (QED) is 0.885. The minimum absolute atomic E-state index is 0.258. The largest absolute Gasteiger partial charge is 0.334 e. The summed E-state index contributed by atoms with van der Waals surface area (Å²) in [6.45, 7) is 1.89. The monoisotopic (exact) mass is 247 g/mol. The lowest BCUT2D eigenvalue weighted by Gasteiger charge is -2.19. The van der Waals surface area contributed by atoms with Crippen LogP contribution in [0.2, 0.25) is 0 Å². The standard InChI is InChI=1S/C13H14FN3O/c14-11-6-2-1-5-10(11)13-16-12(17-18-13)9-4-3-7-15-8-9/h1-2,5-6,9,15H,3-4,7-8H2. The lowest BCUT2D eigenvalue weighted by molar-refractivity contribution is 0.392. The van der Waals surface area contributed by atoms with Crippen LogP contribution in [0.15, 0.2) is 28.8 Å². The van der Waals surface area contributed by atoms with Crippen LogP contribution in [0.4, 0.5) is 4.39 Å². The van der Waals surface area contributed by atoms with Gasteiger partial charge in [0.1, 0.15) is 5.82 Å². The number of aromatic nitrogens is 2. The van der Waals surface area contributed by atoms with Crippen LogP contribution >= 0.6 is 0 Å². The molecule has 1 saturated heterocycles. The maximum atomic E-state index is 13.6. The average Bonchev–Trinajstić information content (AvgIpc) is 2.90. The molecule has 1 aromatic carbocycles. The molecular weight excluding hydrogens is 233 g/mol. The highest BCUT2D eigenvalue weighted by Gasteiger charge is 2.21. The molecule has 5 heteroatoms. The highest BCUT2D eigenvalue weighted by atomic mass is 19.1. The van der Waals surface area contributed by atoms with Crippen LogP contribution in [0.1, 0.15) is 24.6 Å². The first-order chi connectivity index (χ1) is 8.84. The molecule has 3 rings (SSSR count). The fourth-order valence-electron chi connectivity index (χ4n) is 2.22. The number of benzene rings is 1. The number of halogens is 1. The topological polar surface area (TPSA) is 51.0 Å². The molecule has 2 heterocycles. The Morgan fingerprint density at radius 1 is 1.33 bits per heavy atom. The van der Waals surface area contributed by atoms with Crippen molar-refractivity contribution >= 4 is 0 Å². The highest BCUT2D eigenvalue weighted by Crippen LogP contribution is 2.25. The van der Waals surface area contributed by atoms with Crippen molar-refractivity contribution in [3.8, 4) is 11.5 Å². The van der Waals surface area contributed by atoms with E-state index in [2.05, 4.69) is 15.5 Å². The van der Waals surface area contributed by atoms with Crippen LogP contribution in [0.3, 0.4) is 0 Å². The van der Waals surface area contributed by atoms with E-state index in [-0.39, 0.29) is 17.6 Å². The lowest BCUT2D eigenvalue weighted by atomic mass is 9.99. The van der Waals surface area contributed by atoms with E-state index in [0.717, 1.165) is 25.9 Å². The molecule has 2 aromatic rings. The SMILES string of the molecule is Fc1ccccc1-c1nc(C2CCCNC2)no1. The van der Waals surface area contributed by atoms with E-state index in [1.54, 1.807) is 18.2 Å². The van der Waals surface area contributed by atoms with Crippen LogP contribution in [0.5, 0.6) is 0 Å². The summed E-state index contributed by atoms with van der Waals surface area (Å²) in [7, 11) is 0. The summed E-state index contributed by atoms with van der Waals surface area (Å²) in [5, 5.41) is 7.26. The summed E-state index contributed by atoms with van der Waals surface area (Å²) in [5.74, 6) is 0.853. The van der Waals surface area contributed by atoms with Crippen molar-refractivity contribution in [1.29, 1.82) is 0 Å². The average molecular weight is 247 g/mol. The summed E-state index contributed by atoms with van der Waals surface area (Å²) in [6, 6.07) is 6.43. The van der Waals surface area contributed by atoms with Gasteiger partial charge in [0.15, 0.2) is 5.82 Å². The summed E-state index contributed by atoms with van der Waals surface area (Å²) in [6.07, 6.45) is 2.15. The molecular formula is C13H14FN3O. The smallest absolute Gasteiger partial charge is 0.260 e. The van der Waals surface area contributed by atoms with Gasteiger partial charge in [-0.05, 0) is 31.5 Å². The summed E-state index contributed by atoms with van der Waals surface area (Å²) < 4.78 is 18.7. The summed E-state index contributed by atoms with van der Waals surface area (Å²) >= 11 is 0. The fraction of sp³-hybridized carbons (Fsp3) is 0.385. The van der Waals surface area contributed by atoms with Gasteiger partial charge in [0, 0.05) is 12.5 Å². The van der Waals surface area contributed by atoms with Crippen molar-refractivity contribution in [2.24, 2.45) is 0 Å². The van der Waals surface area contributed by atoms with Gasteiger partial charge in [-0.2, -0.15) is 4.98 Å². The second-order valence-electron chi connectivity index (χ2n) is 4.48. The van der Waals surface area contributed by atoms with E-state index in [1.807, 2.05) is 0 Å². The van der Waals surface area contributed by atoms with Crippen molar-refractivity contribution in [1.82, 2.24) is 15.5 Å². The van der Waals surface area contributed by atoms with Gasteiger partial charge in [-0.3, -0.25) is 0 Å². The molecule has 1 fully saturated rings. The van der Waals surface area contributed by atoms with Crippen LogP contribution in [-0.2, 0) is 0 Å². The van der Waals surface area contributed by atoms with Gasteiger partial charge < -0.3 is 9.84 Å². The Morgan fingerprint density at radius 2 is 2.22 bits per heavy atom. The molecule has 0 spiro atoms. The summed E-state index contributed by atoms with van der Waals surface area (Å²) in [4.78, 5) is 4.31. The summed E-state index contributed by atoms with van der Waals surface area (Å²) in [5.41, 5.74) is 0.361. The van der Waals surface area contributed by atoms with E-state index < -0.39 is 0 Å². The van der Waals surface area contributed by atoms with Crippen LogP contribution < -0.4 is 5.32 Å². The molecule has 0 radical (unpaired) electrons. The Kier molecular flexibility index (Phi) is 3.06.